The number of carboxylic acid groups (broad SMARTS) is 1. The lowest BCUT2D eigenvalue weighted by atomic mass is 9.77. The third-order valence-electron chi connectivity index (χ3n) is 11.4. The van der Waals surface area contributed by atoms with E-state index in [0.717, 1.165) is 77.2 Å². The zero-order valence-corrected chi connectivity index (χ0v) is 28.0. The lowest BCUT2D eigenvalue weighted by molar-refractivity contribution is -1.08. The molecule has 0 saturated carbocycles. The van der Waals surface area contributed by atoms with Crippen molar-refractivity contribution in [2.45, 2.75) is 37.3 Å². The van der Waals surface area contributed by atoms with Gasteiger partial charge in [-0.1, -0.05) is 31.2 Å². The van der Waals surface area contributed by atoms with E-state index in [-0.39, 0.29) is 41.0 Å². The Morgan fingerprint density at radius 2 is 1.68 bits per heavy atom. The number of amides is 2. The first-order valence-electron chi connectivity index (χ1n) is 16.0. The summed E-state index contributed by atoms with van der Waals surface area (Å²) in [5, 5.41) is 22.5. The predicted molar refractivity (Wildman–Crippen MR) is 166 cm³/mol. The van der Waals surface area contributed by atoms with E-state index < -0.39 is 45.9 Å². The van der Waals surface area contributed by atoms with Crippen molar-refractivity contribution in [2.75, 3.05) is 63.2 Å². The maximum Gasteiger partial charge on any atom is 0.272 e. The second kappa shape index (κ2) is 11.6. The zero-order valence-electron chi connectivity index (χ0n) is 26.5. The van der Waals surface area contributed by atoms with Crippen LogP contribution in [-0.2, 0) is 30.8 Å². The van der Waals surface area contributed by atoms with E-state index in [1.807, 2.05) is 24.3 Å². The highest BCUT2D eigenvalue weighted by Gasteiger charge is 2.59. The van der Waals surface area contributed by atoms with Crippen LogP contribution in [0, 0.1) is 11.8 Å². The molecule has 0 unspecified atom stereocenters. The highest BCUT2D eigenvalue weighted by Crippen LogP contribution is 2.49. The number of aliphatic hydroxyl groups excluding tert-OH is 1. The van der Waals surface area contributed by atoms with Gasteiger partial charge in [0.1, 0.15) is 39.3 Å². The average Bonchev–Trinajstić information content (AvgIpc) is 3.26. The van der Waals surface area contributed by atoms with Crippen molar-refractivity contribution < 1.29 is 54.4 Å². The lowest BCUT2D eigenvalue weighted by Gasteiger charge is -2.55. The summed E-state index contributed by atoms with van der Waals surface area (Å²) in [7, 11) is -4.10. The highest BCUT2D eigenvalue weighted by molar-refractivity contribution is 7.93. The van der Waals surface area contributed by atoms with Gasteiger partial charge in [-0.15, -0.1) is 0 Å². The molecule has 4 fully saturated rings. The number of hydrogen-bond donors (Lipinski definition) is 2. The van der Waals surface area contributed by atoms with Gasteiger partial charge in [-0.25, -0.2) is 8.42 Å². The second-order valence-corrected chi connectivity index (χ2v) is 15.7. The number of β-lactam (4-membered cyclic amide) rings is 1. The number of primary amides is 1. The second-order valence-electron chi connectivity index (χ2n) is 13.9. The van der Waals surface area contributed by atoms with Crippen LogP contribution in [0.2, 0.25) is 0 Å². The Labute approximate surface area is 280 Å². The number of quaternary nitrogens is 2. The number of carbonyl (C=O) groups excluding carboxylic acids is 3. The van der Waals surface area contributed by atoms with E-state index in [2.05, 4.69) is 0 Å². The van der Waals surface area contributed by atoms with Crippen LogP contribution in [-0.4, -0.2) is 116 Å². The fraction of sp³-hybridized carbons (Fsp3) is 0.485. The Kier molecular flexibility index (Phi) is 8.24. The molecule has 12 nitrogen and oxygen atoms in total. The molecule has 252 valence electrons. The lowest BCUT2D eigenvalue weighted by Crippen LogP contribution is -3.00. The van der Waals surface area contributed by atoms with Gasteiger partial charge < -0.3 is 47.0 Å². The number of benzene rings is 2. The Morgan fingerprint density at radius 1 is 1.04 bits per heavy atom. The SMILES string of the molecule is C[C@@H](O)[C@H]1C(=O)N2C(C(=O)[O-])=C(CN3c4ccccc4-c4cc(CC[N+]56CC[N+](CC(N)=O)(CC5)CC6)ccc4S3(=O)=O)[C@H](C)[C@H]12.[Cl-]. The quantitative estimate of drug-likeness (QED) is 0.204. The van der Waals surface area contributed by atoms with Gasteiger partial charge in [0.2, 0.25) is 5.91 Å². The molecule has 2 amide bonds. The summed E-state index contributed by atoms with van der Waals surface area (Å²) in [6, 6.07) is 12.1. The number of nitrogens with zero attached hydrogens (tertiary/aromatic N) is 4. The molecular formula is C33H40ClN5O7S. The molecule has 8 rings (SSSR count). The van der Waals surface area contributed by atoms with Crippen LogP contribution < -0.4 is 27.6 Å². The number of piperazine rings is 3. The number of anilines is 1. The van der Waals surface area contributed by atoms with Gasteiger partial charge in [0.15, 0.2) is 6.54 Å². The normalized spacial score (nSPS) is 30.5. The molecule has 3 N–H and O–H groups in total. The van der Waals surface area contributed by atoms with Gasteiger partial charge in [-0.05, 0) is 36.3 Å². The molecule has 6 aliphatic heterocycles. The fourth-order valence-electron chi connectivity index (χ4n) is 8.72. The molecule has 6 heterocycles. The van der Waals surface area contributed by atoms with Gasteiger partial charge >= 0.3 is 0 Å². The summed E-state index contributed by atoms with van der Waals surface area (Å²) < 4.78 is 31.5. The Bertz CT molecular complexity index is 1790. The van der Waals surface area contributed by atoms with Gasteiger partial charge in [0.25, 0.3) is 15.9 Å². The van der Waals surface area contributed by atoms with E-state index in [9.17, 15) is 33.0 Å². The third kappa shape index (κ3) is 5.14. The average molecular weight is 686 g/mol. The van der Waals surface area contributed by atoms with E-state index in [0.29, 0.717) is 17.8 Å². The number of carboxylic acids is 1. The Hall–Kier alpha value is -3.49. The highest BCUT2D eigenvalue weighted by atomic mass is 35.5. The van der Waals surface area contributed by atoms with E-state index in [1.165, 1.54) is 11.2 Å². The Morgan fingerprint density at radius 3 is 2.30 bits per heavy atom. The first kappa shape index (κ1) is 33.4. The van der Waals surface area contributed by atoms with E-state index in [4.69, 9.17) is 5.73 Å². The summed E-state index contributed by atoms with van der Waals surface area (Å²) >= 11 is 0. The van der Waals surface area contributed by atoms with Crippen molar-refractivity contribution in [1.29, 1.82) is 0 Å². The van der Waals surface area contributed by atoms with Crippen molar-refractivity contribution in [3.8, 4) is 11.1 Å². The first-order chi connectivity index (χ1) is 21.8. The minimum Gasteiger partial charge on any atom is -1.00 e. The maximum atomic E-state index is 14.3. The van der Waals surface area contributed by atoms with Crippen LogP contribution in [0.4, 0.5) is 5.69 Å². The van der Waals surface area contributed by atoms with Crippen molar-refractivity contribution in [1.82, 2.24) is 4.90 Å². The molecule has 4 saturated heterocycles. The summed E-state index contributed by atoms with van der Waals surface area (Å²) in [5.74, 6) is -3.54. The smallest absolute Gasteiger partial charge is 0.272 e. The third-order valence-corrected chi connectivity index (χ3v) is 13.2. The maximum absolute atomic E-state index is 14.3. The number of aliphatic hydroxyl groups is 1. The molecule has 2 aromatic carbocycles. The molecule has 0 spiro atoms. The molecule has 14 heteroatoms. The summed E-state index contributed by atoms with van der Waals surface area (Å²) in [4.78, 5) is 38.1. The summed E-state index contributed by atoms with van der Waals surface area (Å²) in [6.07, 6.45) is -0.187. The fourth-order valence-corrected chi connectivity index (χ4v) is 10.4. The first-order valence-corrected chi connectivity index (χ1v) is 17.4. The van der Waals surface area contributed by atoms with E-state index in [1.54, 1.807) is 25.1 Å². The number of hydrogen-bond acceptors (Lipinski definition) is 7. The number of carbonyl (C=O) groups is 3. The van der Waals surface area contributed by atoms with Crippen LogP contribution in [0.3, 0.4) is 0 Å². The molecule has 6 aliphatic rings. The number of fused-ring (bicyclic) bond motifs is 7. The minimum atomic E-state index is -4.10. The largest absolute Gasteiger partial charge is 1.00 e. The number of nitrogens with two attached hydrogens (primary N) is 1. The van der Waals surface area contributed by atoms with Crippen LogP contribution in [0.15, 0.2) is 58.6 Å². The molecule has 47 heavy (non-hydrogen) atoms. The minimum absolute atomic E-state index is 0. The molecule has 0 aliphatic carbocycles. The van der Waals surface area contributed by atoms with Crippen LogP contribution in [0.5, 0.6) is 0 Å². The molecule has 0 radical (unpaired) electrons. The number of aliphatic carboxylic acids is 1. The number of halogens is 1. The molecule has 0 aromatic heterocycles. The Balaban J connectivity index is 0.00000386. The number of para-hydroxylation sites is 1. The topological polar surface area (TPSA) is 161 Å². The predicted octanol–water partition coefficient (Wildman–Crippen LogP) is -3.58. The molecule has 4 atom stereocenters. The van der Waals surface area contributed by atoms with Crippen molar-refractivity contribution in [3.63, 3.8) is 0 Å². The van der Waals surface area contributed by atoms with Gasteiger partial charge in [-0.3, -0.25) is 13.9 Å². The van der Waals surface area contributed by atoms with Gasteiger partial charge in [0, 0.05) is 23.5 Å². The molecule has 2 aromatic rings. The van der Waals surface area contributed by atoms with Crippen LogP contribution >= 0.6 is 0 Å². The summed E-state index contributed by atoms with van der Waals surface area (Å²) in [6.45, 7) is 10.1. The number of sulfonamides is 1. The summed E-state index contributed by atoms with van der Waals surface area (Å²) in [5.41, 5.74) is 8.33. The standard InChI is InChI=1S/C33H39N5O7S.ClH/c1-20-25(31(33(42)43)36-30(20)29(21(2)39)32(36)41)18-35-26-6-4-3-5-23(26)24-17-22(7-8-27(24)46(35,44)45)9-10-37-11-14-38(15-12-37,16-13-37)19-28(34)40;/h3-8,17,20-21,29-30,39H,9-16,18-19H2,1-2H3,(H-2,34,40,42,43);1H/t20-,21+,29+,30+,37?,38?;/m0./s1. The van der Waals surface area contributed by atoms with Crippen molar-refractivity contribution in [3.05, 3.63) is 59.3 Å². The van der Waals surface area contributed by atoms with Gasteiger partial charge in [-0.2, -0.15) is 0 Å². The monoisotopic (exact) mass is 685 g/mol. The van der Waals surface area contributed by atoms with Crippen molar-refractivity contribution >= 4 is 33.5 Å². The zero-order chi connectivity index (χ0) is 32.8. The van der Waals surface area contributed by atoms with E-state index >= 15 is 0 Å². The molecule has 2 bridgehead atoms. The number of rotatable bonds is 9. The van der Waals surface area contributed by atoms with Gasteiger partial charge in [0.05, 0.1) is 53.4 Å². The van der Waals surface area contributed by atoms with Crippen LogP contribution in [0.25, 0.3) is 11.1 Å². The van der Waals surface area contributed by atoms with Crippen molar-refractivity contribution in [2.24, 2.45) is 17.6 Å². The van der Waals surface area contributed by atoms with Crippen LogP contribution in [0.1, 0.15) is 19.4 Å². The molecular weight excluding hydrogens is 646 g/mol.